The Balaban J connectivity index is 3.50. The van der Waals surface area contributed by atoms with E-state index in [4.69, 9.17) is 5.41 Å². The molecule has 0 spiro atoms. The molecule has 0 bridgehead atoms. The van der Waals surface area contributed by atoms with Crippen molar-refractivity contribution in [3.05, 3.63) is 11.0 Å². The normalized spacial score (nSPS) is 8.33. The van der Waals surface area contributed by atoms with Crippen LogP contribution in [0.5, 0.6) is 0 Å². The molecule has 0 aromatic rings. The van der Waals surface area contributed by atoms with Crippen LogP contribution in [0.2, 0.25) is 0 Å². The van der Waals surface area contributed by atoms with Gasteiger partial charge in [0.1, 0.15) is 0 Å². The van der Waals surface area contributed by atoms with Gasteiger partial charge in [-0.25, -0.2) is 0 Å². The molecule has 0 rings (SSSR count). The number of amidine groups is 1. The highest BCUT2D eigenvalue weighted by molar-refractivity contribution is 8.16. The van der Waals surface area contributed by atoms with Gasteiger partial charge in [0.2, 0.25) is 0 Å². The molecule has 0 aliphatic heterocycles. The van der Waals surface area contributed by atoms with E-state index in [2.05, 4.69) is 5.32 Å². The van der Waals surface area contributed by atoms with Gasteiger partial charge >= 0.3 is 0 Å². The summed E-state index contributed by atoms with van der Waals surface area (Å²) in [6, 6.07) is 0. The maximum Gasteiger partial charge on any atom is 0.157 e. The second kappa shape index (κ2) is 4.44. The third-order valence-electron chi connectivity index (χ3n) is 0.640. The summed E-state index contributed by atoms with van der Waals surface area (Å²) in [6.07, 6.45) is 0. The van der Waals surface area contributed by atoms with Crippen molar-refractivity contribution < 1.29 is 0 Å². The molecule has 0 saturated carbocycles. The molecule has 0 aromatic heterocycles. The summed E-state index contributed by atoms with van der Waals surface area (Å²) in [4.78, 5) is 0. The topological polar surface area (TPSA) is 35.9 Å². The van der Waals surface area contributed by atoms with Gasteiger partial charge in [0.15, 0.2) is 5.17 Å². The van der Waals surface area contributed by atoms with Crippen LogP contribution in [0.4, 0.5) is 0 Å². The van der Waals surface area contributed by atoms with Crippen molar-refractivity contribution in [2.45, 2.75) is 13.8 Å². The molecule has 0 atom stereocenters. The van der Waals surface area contributed by atoms with E-state index in [-0.39, 0.29) is 0 Å². The molecule has 0 saturated heterocycles. The lowest BCUT2D eigenvalue weighted by atomic mass is 10.4. The van der Waals surface area contributed by atoms with Crippen LogP contribution in [-0.2, 0) is 0 Å². The number of hydrogen-bond acceptors (Lipinski definition) is 2. The van der Waals surface area contributed by atoms with Crippen LogP contribution in [0.15, 0.2) is 11.0 Å². The number of hydrogen-bond donors (Lipinski definition) is 2. The molecule has 3 heteroatoms. The largest absolute Gasteiger partial charge is 0.368 e. The third kappa shape index (κ3) is 5.43. The van der Waals surface area contributed by atoms with E-state index < -0.39 is 0 Å². The highest BCUT2D eigenvalue weighted by Gasteiger charge is 1.86. The maximum atomic E-state index is 7.14. The first-order valence-electron chi connectivity index (χ1n) is 2.73. The van der Waals surface area contributed by atoms with Crippen molar-refractivity contribution >= 4 is 16.9 Å². The molecular weight excluding hydrogens is 132 g/mol. The van der Waals surface area contributed by atoms with Crippen LogP contribution in [-0.4, -0.2) is 12.2 Å². The Morgan fingerprint density at radius 2 is 2.11 bits per heavy atom. The van der Waals surface area contributed by atoms with Crippen molar-refractivity contribution in [2.24, 2.45) is 0 Å². The fourth-order valence-corrected chi connectivity index (χ4v) is 0.707. The van der Waals surface area contributed by atoms with Crippen molar-refractivity contribution in [1.29, 1.82) is 5.41 Å². The molecule has 0 aromatic carbocycles. The zero-order chi connectivity index (χ0) is 7.28. The molecule has 0 fully saturated rings. The summed E-state index contributed by atoms with van der Waals surface area (Å²) >= 11 is 1.39. The molecule has 2 nitrogen and oxygen atoms in total. The Morgan fingerprint density at radius 3 is 2.44 bits per heavy atom. The van der Waals surface area contributed by atoms with E-state index >= 15 is 0 Å². The lowest BCUT2D eigenvalue weighted by Gasteiger charge is -1.95. The molecule has 2 N–H and O–H groups in total. The average molecular weight is 144 g/mol. The molecule has 0 heterocycles. The molecule has 0 aliphatic carbocycles. The fraction of sp³-hybridized carbons (Fsp3) is 0.500. The summed E-state index contributed by atoms with van der Waals surface area (Å²) < 4.78 is 0. The predicted molar refractivity (Wildman–Crippen MR) is 43.8 cm³/mol. The first-order chi connectivity index (χ1) is 4.16. The SMILES string of the molecule is CNC(=N)SC=C(C)C. The predicted octanol–water partition coefficient (Wildman–Crippen LogP) is 1.80. The number of rotatable bonds is 1. The van der Waals surface area contributed by atoms with Gasteiger partial charge in [0.25, 0.3) is 0 Å². The molecule has 0 unspecified atom stereocenters. The van der Waals surface area contributed by atoms with Gasteiger partial charge in [0, 0.05) is 7.05 Å². The average Bonchev–Trinajstić information content (AvgIpc) is 1.83. The molecule has 0 aliphatic rings. The maximum absolute atomic E-state index is 7.14. The van der Waals surface area contributed by atoms with Crippen LogP contribution in [0.1, 0.15) is 13.8 Å². The lowest BCUT2D eigenvalue weighted by Crippen LogP contribution is -2.10. The van der Waals surface area contributed by atoms with E-state index in [9.17, 15) is 0 Å². The number of thioether (sulfide) groups is 1. The summed E-state index contributed by atoms with van der Waals surface area (Å²) in [7, 11) is 1.74. The van der Waals surface area contributed by atoms with Crippen LogP contribution in [0.3, 0.4) is 0 Å². The van der Waals surface area contributed by atoms with Crippen LogP contribution in [0, 0.1) is 5.41 Å². The summed E-state index contributed by atoms with van der Waals surface area (Å²) in [5.74, 6) is 0. The molecule has 52 valence electrons. The van der Waals surface area contributed by atoms with Crippen LogP contribution < -0.4 is 5.32 Å². The molecule has 9 heavy (non-hydrogen) atoms. The second-order valence-electron chi connectivity index (χ2n) is 1.89. The first kappa shape index (κ1) is 8.56. The van der Waals surface area contributed by atoms with Crippen molar-refractivity contribution in [3.63, 3.8) is 0 Å². The van der Waals surface area contributed by atoms with Gasteiger partial charge in [-0.3, -0.25) is 5.41 Å². The Morgan fingerprint density at radius 1 is 1.56 bits per heavy atom. The fourth-order valence-electron chi connectivity index (χ4n) is 0.236. The number of nitrogens with one attached hydrogen (secondary N) is 2. The zero-order valence-electron chi connectivity index (χ0n) is 5.99. The Labute approximate surface area is 60.2 Å². The molecule has 0 amide bonds. The Bertz CT molecular complexity index is 125. The summed E-state index contributed by atoms with van der Waals surface area (Å²) in [6.45, 7) is 4.02. The van der Waals surface area contributed by atoms with Gasteiger partial charge < -0.3 is 5.32 Å². The van der Waals surface area contributed by atoms with E-state index in [1.54, 1.807) is 7.05 Å². The summed E-state index contributed by atoms with van der Waals surface area (Å²) in [5.41, 5.74) is 1.22. The second-order valence-corrected chi connectivity index (χ2v) is 2.77. The van der Waals surface area contributed by atoms with Crippen LogP contribution in [0.25, 0.3) is 0 Å². The molecular formula is C6H12N2S. The lowest BCUT2D eigenvalue weighted by molar-refractivity contribution is 1.18. The smallest absolute Gasteiger partial charge is 0.157 e. The minimum Gasteiger partial charge on any atom is -0.368 e. The van der Waals surface area contributed by atoms with Gasteiger partial charge in [0.05, 0.1) is 0 Å². The number of allylic oxidation sites excluding steroid dienone is 1. The van der Waals surface area contributed by atoms with E-state index in [1.165, 1.54) is 17.3 Å². The van der Waals surface area contributed by atoms with E-state index in [0.717, 1.165) is 0 Å². The minimum absolute atomic E-state index is 0.483. The van der Waals surface area contributed by atoms with Crippen LogP contribution >= 0.6 is 11.8 Å². The van der Waals surface area contributed by atoms with E-state index in [0.29, 0.717) is 5.17 Å². The third-order valence-corrected chi connectivity index (χ3v) is 1.67. The molecule has 0 radical (unpaired) electrons. The quantitative estimate of drug-likeness (QED) is 0.435. The minimum atomic E-state index is 0.483. The van der Waals surface area contributed by atoms with Gasteiger partial charge in [-0.2, -0.15) is 0 Å². The first-order valence-corrected chi connectivity index (χ1v) is 3.61. The van der Waals surface area contributed by atoms with E-state index in [1.807, 2.05) is 19.3 Å². The monoisotopic (exact) mass is 144 g/mol. The van der Waals surface area contributed by atoms with Crippen molar-refractivity contribution in [1.82, 2.24) is 5.32 Å². The Kier molecular flexibility index (Phi) is 4.22. The highest BCUT2D eigenvalue weighted by atomic mass is 32.2. The van der Waals surface area contributed by atoms with Gasteiger partial charge in [-0.1, -0.05) is 17.3 Å². The zero-order valence-corrected chi connectivity index (χ0v) is 6.80. The Hall–Kier alpha value is -0.440. The standard InChI is InChI=1S/C6H12N2S/c1-5(2)4-9-6(7)8-3/h4H,1-3H3,(H2,7,8). The van der Waals surface area contributed by atoms with Crippen molar-refractivity contribution in [2.75, 3.05) is 7.05 Å². The van der Waals surface area contributed by atoms with Gasteiger partial charge in [-0.15, -0.1) is 0 Å². The summed E-state index contributed by atoms with van der Waals surface area (Å²) in [5, 5.41) is 12.3. The van der Waals surface area contributed by atoms with Gasteiger partial charge in [-0.05, 0) is 19.3 Å². The van der Waals surface area contributed by atoms with Crippen molar-refractivity contribution in [3.8, 4) is 0 Å². The highest BCUT2D eigenvalue weighted by Crippen LogP contribution is 2.04.